The summed E-state index contributed by atoms with van der Waals surface area (Å²) >= 11 is 0. The molecule has 0 saturated heterocycles. The summed E-state index contributed by atoms with van der Waals surface area (Å²) in [6, 6.07) is 1.91. The molecule has 0 spiro atoms. The van der Waals surface area contributed by atoms with Crippen LogP contribution >= 0.6 is 0 Å². The van der Waals surface area contributed by atoms with Crippen LogP contribution in [0.25, 0.3) is 0 Å². The minimum Gasteiger partial charge on any atom is -0.368 e. The summed E-state index contributed by atoms with van der Waals surface area (Å²) < 4.78 is 0. The zero-order valence-corrected chi connectivity index (χ0v) is 10.8. The lowest BCUT2D eigenvalue weighted by atomic mass is 9.75. The van der Waals surface area contributed by atoms with Gasteiger partial charge in [0.25, 0.3) is 0 Å². The molecule has 1 aromatic heterocycles. The highest BCUT2D eigenvalue weighted by atomic mass is 15.2. The van der Waals surface area contributed by atoms with E-state index in [1.54, 1.807) is 6.20 Å². The molecule has 2 rings (SSSR count). The van der Waals surface area contributed by atoms with Crippen LogP contribution in [0.4, 0.5) is 11.8 Å². The van der Waals surface area contributed by atoms with E-state index in [9.17, 15) is 0 Å². The maximum Gasteiger partial charge on any atom is 0.224 e. The van der Waals surface area contributed by atoms with Gasteiger partial charge in [-0.25, -0.2) is 4.98 Å². The lowest BCUT2D eigenvalue weighted by Gasteiger charge is -2.47. The molecule has 2 N–H and O–H groups in total. The predicted octanol–water partition coefficient (Wildman–Crippen LogP) is 1.41. The van der Waals surface area contributed by atoms with Gasteiger partial charge in [-0.05, 0) is 39.4 Å². The number of aromatic nitrogens is 2. The van der Waals surface area contributed by atoms with Crippen LogP contribution in [0.5, 0.6) is 0 Å². The molecule has 5 heteroatoms. The van der Waals surface area contributed by atoms with E-state index >= 15 is 0 Å². The molecule has 0 aromatic carbocycles. The SMILES string of the molecule is CNc1nccc(NCC2(N(C)C)CCC2)n1. The summed E-state index contributed by atoms with van der Waals surface area (Å²) in [5.74, 6) is 1.54. The largest absolute Gasteiger partial charge is 0.368 e. The van der Waals surface area contributed by atoms with Crippen LogP contribution in [0.2, 0.25) is 0 Å². The van der Waals surface area contributed by atoms with Crippen LogP contribution in [0, 0.1) is 0 Å². The summed E-state index contributed by atoms with van der Waals surface area (Å²) in [6.07, 6.45) is 5.61. The summed E-state index contributed by atoms with van der Waals surface area (Å²) in [4.78, 5) is 10.8. The molecule has 1 fully saturated rings. The molecule has 94 valence electrons. The minimum absolute atomic E-state index is 0.310. The zero-order chi connectivity index (χ0) is 12.3. The van der Waals surface area contributed by atoms with Crippen LogP contribution in [0.3, 0.4) is 0 Å². The second-order valence-corrected chi connectivity index (χ2v) is 4.84. The van der Waals surface area contributed by atoms with E-state index in [1.165, 1.54) is 19.3 Å². The topological polar surface area (TPSA) is 53.1 Å². The van der Waals surface area contributed by atoms with E-state index < -0.39 is 0 Å². The maximum atomic E-state index is 4.36. The van der Waals surface area contributed by atoms with Crippen molar-refractivity contribution in [1.29, 1.82) is 0 Å². The van der Waals surface area contributed by atoms with Crippen molar-refractivity contribution in [2.45, 2.75) is 24.8 Å². The number of hydrogen-bond acceptors (Lipinski definition) is 5. The molecule has 1 heterocycles. The third-order valence-corrected chi connectivity index (χ3v) is 3.71. The summed E-state index contributed by atoms with van der Waals surface area (Å²) in [5, 5.41) is 6.35. The van der Waals surface area contributed by atoms with E-state index in [2.05, 4.69) is 39.6 Å². The fourth-order valence-corrected chi connectivity index (χ4v) is 2.20. The van der Waals surface area contributed by atoms with Gasteiger partial charge >= 0.3 is 0 Å². The van der Waals surface area contributed by atoms with Gasteiger partial charge in [0.2, 0.25) is 5.95 Å². The van der Waals surface area contributed by atoms with Crippen LogP contribution in [-0.2, 0) is 0 Å². The standard InChI is InChI=1S/C12H21N5/c1-13-11-14-8-5-10(16-11)15-9-12(17(2)3)6-4-7-12/h5,8H,4,6-7,9H2,1-3H3,(H2,13,14,15,16). The van der Waals surface area contributed by atoms with Crippen molar-refractivity contribution in [2.75, 3.05) is 38.3 Å². The maximum absolute atomic E-state index is 4.36. The third-order valence-electron chi connectivity index (χ3n) is 3.71. The highest BCUT2D eigenvalue weighted by Gasteiger charge is 2.38. The number of nitrogens with one attached hydrogen (secondary N) is 2. The molecule has 5 nitrogen and oxygen atoms in total. The Morgan fingerprint density at radius 2 is 2.18 bits per heavy atom. The van der Waals surface area contributed by atoms with E-state index in [0.717, 1.165) is 12.4 Å². The highest BCUT2D eigenvalue weighted by molar-refractivity contribution is 5.39. The normalized spacial score (nSPS) is 17.6. The van der Waals surface area contributed by atoms with Gasteiger partial charge in [0, 0.05) is 25.3 Å². The first-order valence-electron chi connectivity index (χ1n) is 6.08. The molecular weight excluding hydrogens is 214 g/mol. The average molecular weight is 235 g/mol. The Morgan fingerprint density at radius 1 is 1.41 bits per heavy atom. The van der Waals surface area contributed by atoms with Gasteiger partial charge in [-0.1, -0.05) is 0 Å². The molecule has 0 amide bonds. The van der Waals surface area contributed by atoms with Crippen LogP contribution in [0.1, 0.15) is 19.3 Å². The van der Waals surface area contributed by atoms with Crippen LogP contribution < -0.4 is 10.6 Å². The van der Waals surface area contributed by atoms with Gasteiger partial charge < -0.3 is 15.5 Å². The Balaban J connectivity index is 1.97. The number of rotatable bonds is 5. The molecule has 17 heavy (non-hydrogen) atoms. The highest BCUT2D eigenvalue weighted by Crippen LogP contribution is 2.36. The van der Waals surface area contributed by atoms with Crippen LogP contribution in [-0.4, -0.2) is 48.1 Å². The van der Waals surface area contributed by atoms with Crippen LogP contribution in [0.15, 0.2) is 12.3 Å². The molecule has 0 unspecified atom stereocenters. The van der Waals surface area contributed by atoms with E-state index in [4.69, 9.17) is 0 Å². The van der Waals surface area contributed by atoms with E-state index in [0.29, 0.717) is 11.5 Å². The van der Waals surface area contributed by atoms with Gasteiger partial charge in [0.15, 0.2) is 0 Å². The third kappa shape index (κ3) is 2.49. The lowest BCUT2D eigenvalue weighted by Crippen LogP contribution is -2.54. The monoisotopic (exact) mass is 235 g/mol. The second kappa shape index (κ2) is 4.87. The number of hydrogen-bond donors (Lipinski definition) is 2. The van der Waals surface area contributed by atoms with Crippen molar-refractivity contribution in [3.05, 3.63) is 12.3 Å². The summed E-state index contributed by atoms with van der Waals surface area (Å²) in [5.41, 5.74) is 0.310. The average Bonchev–Trinajstić information content (AvgIpc) is 2.27. The quantitative estimate of drug-likeness (QED) is 0.808. The first kappa shape index (κ1) is 12.1. The Morgan fingerprint density at radius 3 is 2.71 bits per heavy atom. The van der Waals surface area contributed by atoms with Crippen molar-refractivity contribution in [2.24, 2.45) is 0 Å². The molecule has 0 aliphatic heterocycles. The summed E-state index contributed by atoms with van der Waals surface area (Å²) in [7, 11) is 6.13. The van der Waals surface area contributed by atoms with Gasteiger partial charge in [0.05, 0.1) is 0 Å². The van der Waals surface area contributed by atoms with Crippen molar-refractivity contribution in [3.63, 3.8) is 0 Å². The molecular formula is C12H21N5. The summed E-state index contributed by atoms with van der Waals surface area (Å²) in [6.45, 7) is 0.945. The first-order valence-corrected chi connectivity index (χ1v) is 6.08. The van der Waals surface area contributed by atoms with Crippen molar-refractivity contribution >= 4 is 11.8 Å². The van der Waals surface area contributed by atoms with Crippen molar-refractivity contribution < 1.29 is 0 Å². The molecule has 1 saturated carbocycles. The smallest absolute Gasteiger partial charge is 0.224 e. The van der Waals surface area contributed by atoms with E-state index in [-0.39, 0.29) is 0 Å². The Bertz CT molecular complexity index is 373. The lowest BCUT2D eigenvalue weighted by molar-refractivity contribution is 0.0738. The second-order valence-electron chi connectivity index (χ2n) is 4.84. The van der Waals surface area contributed by atoms with Gasteiger partial charge in [-0.15, -0.1) is 0 Å². The molecule has 1 aromatic rings. The van der Waals surface area contributed by atoms with Crippen molar-refractivity contribution in [1.82, 2.24) is 14.9 Å². The van der Waals surface area contributed by atoms with Gasteiger partial charge in [0.1, 0.15) is 5.82 Å². The number of nitrogens with zero attached hydrogens (tertiary/aromatic N) is 3. The number of likely N-dealkylation sites (N-methyl/N-ethyl adjacent to an activating group) is 1. The van der Waals surface area contributed by atoms with Gasteiger partial charge in [-0.3, -0.25) is 0 Å². The van der Waals surface area contributed by atoms with Gasteiger partial charge in [-0.2, -0.15) is 4.98 Å². The molecule has 1 aliphatic carbocycles. The molecule has 1 aliphatic rings. The fourth-order valence-electron chi connectivity index (χ4n) is 2.20. The van der Waals surface area contributed by atoms with Crippen molar-refractivity contribution in [3.8, 4) is 0 Å². The molecule has 0 atom stereocenters. The first-order chi connectivity index (χ1) is 8.16. The molecule has 0 radical (unpaired) electrons. The van der Waals surface area contributed by atoms with E-state index in [1.807, 2.05) is 13.1 Å². The predicted molar refractivity (Wildman–Crippen MR) is 70.3 cm³/mol. The Hall–Kier alpha value is -1.36. The Labute approximate surface area is 103 Å². The minimum atomic E-state index is 0.310. The Kier molecular flexibility index (Phi) is 3.47. The fraction of sp³-hybridized carbons (Fsp3) is 0.667. The number of anilines is 2. The zero-order valence-electron chi connectivity index (χ0n) is 10.8. The molecule has 0 bridgehead atoms.